The van der Waals surface area contributed by atoms with Crippen LogP contribution >= 0.6 is 0 Å². The number of halogens is 1. The predicted octanol–water partition coefficient (Wildman–Crippen LogP) is 2.85. The first-order valence-electron chi connectivity index (χ1n) is 7.12. The van der Waals surface area contributed by atoms with Crippen LogP contribution in [-0.2, 0) is 6.42 Å². The fourth-order valence-corrected chi connectivity index (χ4v) is 2.13. The van der Waals surface area contributed by atoms with Crippen molar-refractivity contribution in [2.45, 2.75) is 6.42 Å². The van der Waals surface area contributed by atoms with Gasteiger partial charge in [0.15, 0.2) is 11.5 Å². The molecule has 0 aliphatic rings. The molecule has 0 atom stereocenters. The lowest BCUT2D eigenvalue weighted by molar-refractivity contribution is 0.0945. The fraction of sp³-hybridized carbons (Fsp3) is 0.118. The Bertz CT molecular complexity index is 802. The molecule has 1 amide bonds. The number of hydrogen-bond donors (Lipinski definition) is 1. The summed E-state index contributed by atoms with van der Waals surface area (Å²) in [6.07, 6.45) is 3.82. The van der Waals surface area contributed by atoms with E-state index in [4.69, 9.17) is 4.52 Å². The summed E-state index contributed by atoms with van der Waals surface area (Å²) in [7, 11) is 0. The van der Waals surface area contributed by atoms with E-state index in [1.54, 1.807) is 30.6 Å². The Morgan fingerprint density at radius 1 is 1.22 bits per heavy atom. The van der Waals surface area contributed by atoms with Crippen molar-refractivity contribution in [3.8, 4) is 11.3 Å². The summed E-state index contributed by atoms with van der Waals surface area (Å²) in [5.74, 6) is -0.139. The van der Waals surface area contributed by atoms with Crippen molar-refractivity contribution >= 4 is 5.91 Å². The van der Waals surface area contributed by atoms with Crippen LogP contribution in [0.25, 0.3) is 11.3 Å². The lowest BCUT2D eigenvalue weighted by Gasteiger charge is -2.03. The van der Waals surface area contributed by atoms with Crippen molar-refractivity contribution in [3.05, 3.63) is 71.9 Å². The smallest absolute Gasteiger partial charge is 0.273 e. The number of aromatic nitrogens is 2. The largest absolute Gasteiger partial charge is 0.355 e. The molecule has 5 nitrogen and oxygen atoms in total. The molecule has 0 aliphatic heterocycles. The number of rotatable bonds is 5. The molecule has 1 aromatic carbocycles. The van der Waals surface area contributed by atoms with Gasteiger partial charge in [0.1, 0.15) is 5.82 Å². The Hall–Kier alpha value is -3.02. The first-order chi connectivity index (χ1) is 11.2. The molecular weight excluding hydrogens is 297 g/mol. The van der Waals surface area contributed by atoms with Crippen LogP contribution in [0.3, 0.4) is 0 Å². The molecular formula is C17H14FN3O2. The normalized spacial score (nSPS) is 10.5. The van der Waals surface area contributed by atoms with E-state index in [0.717, 1.165) is 11.1 Å². The van der Waals surface area contributed by atoms with Gasteiger partial charge in [0, 0.05) is 30.6 Å². The van der Waals surface area contributed by atoms with Crippen LogP contribution in [0.4, 0.5) is 4.39 Å². The number of hydrogen-bond acceptors (Lipinski definition) is 4. The molecule has 3 aromatic rings. The second kappa shape index (κ2) is 6.83. The summed E-state index contributed by atoms with van der Waals surface area (Å²) >= 11 is 0. The summed E-state index contributed by atoms with van der Waals surface area (Å²) < 4.78 is 18.2. The zero-order valence-electron chi connectivity index (χ0n) is 12.2. The van der Waals surface area contributed by atoms with Crippen molar-refractivity contribution in [1.82, 2.24) is 15.5 Å². The van der Waals surface area contributed by atoms with E-state index in [2.05, 4.69) is 15.5 Å². The third-order valence-corrected chi connectivity index (χ3v) is 3.28. The van der Waals surface area contributed by atoms with E-state index in [9.17, 15) is 9.18 Å². The molecule has 23 heavy (non-hydrogen) atoms. The molecule has 6 heteroatoms. The van der Waals surface area contributed by atoms with E-state index in [0.29, 0.717) is 18.7 Å². The van der Waals surface area contributed by atoms with Crippen molar-refractivity contribution in [1.29, 1.82) is 0 Å². The molecule has 0 saturated heterocycles. The lowest BCUT2D eigenvalue weighted by Crippen LogP contribution is -2.25. The molecule has 1 N–H and O–H groups in total. The van der Waals surface area contributed by atoms with E-state index in [-0.39, 0.29) is 17.4 Å². The minimum Gasteiger partial charge on any atom is -0.355 e. The van der Waals surface area contributed by atoms with Gasteiger partial charge in [-0.05, 0) is 36.2 Å². The number of nitrogens with zero attached hydrogens (tertiary/aromatic N) is 2. The Balaban J connectivity index is 1.58. The highest BCUT2D eigenvalue weighted by molar-refractivity contribution is 5.93. The van der Waals surface area contributed by atoms with E-state index in [1.807, 2.05) is 12.1 Å². The molecule has 3 rings (SSSR count). The minimum atomic E-state index is -0.333. The second-order valence-corrected chi connectivity index (χ2v) is 4.95. The summed E-state index contributed by atoms with van der Waals surface area (Å²) in [5, 5.41) is 6.49. The first-order valence-corrected chi connectivity index (χ1v) is 7.12. The predicted molar refractivity (Wildman–Crippen MR) is 82.2 cm³/mol. The van der Waals surface area contributed by atoms with Gasteiger partial charge in [-0.2, -0.15) is 0 Å². The second-order valence-electron chi connectivity index (χ2n) is 4.95. The maximum Gasteiger partial charge on any atom is 0.273 e. The molecule has 0 saturated carbocycles. The third-order valence-electron chi connectivity index (χ3n) is 3.28. The SMILES string of the molecule is O=C(NCCc1cccc(F)c1)c1cc(-c2cccnc2)on1. The van der Waals surface area contributed by atoms with Gasteiger partial charge in [0.2, 0.25) is 0 Å². The summed E-state index contributed by atoms with van der Waals surface area (Å²) in [4.78, 5) is 16.0. The van der Waals surface area contributed by atoms with Crippen LogP contribution in [-0.4, -0.2) is 22.6 Å². The number of pyridine rings is 1. The Morgan fingerprint density at radius 3 is 2.91 bits per heavy atom. The van der Waals surface area contributed by atoms with E-state index in [1.165, 1.54) is 12.1 Å². The monoisotopic (exact) mass is 311 g/mol. The number of carbonyl (C=O) groups is 1. The quantitative estimate of drug-likeness (QED) is 0.786. The average Bonchev–Trinajstić information content (AvgIpc) is 3.06. The van der Waals surface area contributed by atoms with Gasteiger partial charge < -0.3 is 9.84 Å². The lowest BCUT2D eigenvalue weighted by atomic mass is 10.1. The highest BCUT2D eigenvalue weighted by Crippen LogP contribution is 2.18. The zero-order valence-corrected chi connectivity index (χ0v) is 12.2. The third kappa shape index (κ3) is 3.79. The molecule has 0 unspecified atom stereocenters. The van der Waals surface area contributed by atoms with Gasteiger partial charge in [-0.1, -0.05) is 17.3 Å². The van der Waals surface area contributed by atoms with Crippen LogP contribution in [0.2, 0.25) is 0 Å². The minimum absolute atomic E-state index is 0.197. The van der Waals surface area contributed by atoms with Gasteiger partial charge in [0.05, 0.1) is 0 Å². The molecule has 2 aromatic heterocycles. The number of nitrogens with one attached hydrogen (secondary N) is 1. The molecule has 0 fully saturated rings. The fourth-order valence-electron chi connectivity index (χ4n) is 2.13. The van der Waals surface area contributed by atoms with Crippen molar-refractivity contribution in [2.75, 3.05) is 6.54 Å². The highest BCUT2D eigenvalue weighted by Gasteiger charge is 2.13. The van der Waals surface area contributed by atoms with Gasteiger partial charge in [-0.15, -0.1) is 0 Å². The number of benzene rings is 1. The maximum absolute atomic E-state index is 13.1. The van der Waals surface area contributed by atoms with Crippen LogP contribution in [0, 0.1) is 5.82 Å². The average molecular weight is 311 g/mol. The van der Waals surface area contributed by atoms with Crippen LogP contribution < -0.4 is 5.32 Å². The van der Waals surface area contributed by atoms with Gasteiger partial charge in [-0.3, -0.25) is 9.78 Å². The molecule has 0 aliphatic carbocycles. The van der Waals surface area contributed by atoms with Crippen molar-refractivity contribution in [2.24, 2.45) is 0 Å². The molecule has 0 spiro atoms. The summed E-state index contributed by atoms with van der Waals surface area (Å²) in [6, 6.07) is 11.4. The molecule has 2 heterocycles. The van der Waals surface area contributed by atoms with Crippen LogP contribution in [0.1, 0.15) is 16.1 Å². The van der Waals surface area contributed by atoms with Crippen LogP contribution in [0.5, 0.6) is 0 Å². The van der Waals surface area contributed by atoms with Crippen molar-refractivity contribution in [3.63, 3.8) is 0 Å². The Kier molecular flexibility index (Phi) is 4.42. The van der Waals surface area contributed by atoms with Crippen LogP contribution in [0.15, 0.2) is 59.4 Å². The summed E-state index contributed by atoms with van der Waals surface area (Å²) in [6.45, 7) is 0.386. The molecule has 0 radical (unpaired) electrons. The number of amides is 1. The van der Waals surface area contributed by atoms with E-state index >= 15 is 0 Å². The Labute approximate surface area is 132 Å². The van der Waals surface area contributed by atoms with Gasteiger partial charge >= 0.3 is 0 Å². The van der Waals surface area contributed by atoms with Crippen molar-refractivity contribution < 1.29 is 13.7 Å². The van der Waals surface area contributed by atoms with E-state index < -0.39 is 0 Å². The topological polar surface area (TPSA) is 68.0 Å². The molecule has 116 valence electrons. The maximum atomic E-state index is 13.1. The zero-order chi connectivity index (χ0) is 16.1. The van der Waals surface area contributed by atoms with Gasteiger partial charge in [0.25, 0.3) is 5.91 Å². The summed E-state index contributed by atoms with van der Waals surface area (Å²) in [5.41, 5.74) is 1.77. The Morgan fingerprint density at radius 2 is 2.13 bits per heavy atom. The number of carbonyl (C=O) groups excluding carboxylic acids is 1. The molecule has 0 bridgehead atoms. The first kappa shape index (κ1) is 14.9. The highest BCUT2D eigenvalue weighted by atomic mass is 19.1. The van der Waals surface area contributed by atoms with Gasteiger partial charge in [-0.25, -0.2) is 4.39 Å². The standard InChI is InChI=1S/C17H14FN3O2/c18-14-5-1-3-12(9-14)6-8-20-17(22)15-10-16(23-21-15)13-4-2-7-19-11-13/h1-5,7,9-11H,6,8H2,(H,20,22).